The molecule has 0 bridgehead atoms. The van der Waals surface area contributed by atoms with Crippen LogP contribution in [0.3, 0.4) is 0 Å². The molecule has 0 aliphatic rings. The largest absolute Gasteiger partial charge is 0.381 e. The first kappa shape index (κ1) is 15.6. The zero-order valence-electron chi connectivity index (χ0n) is 11.0. The Labute approximate surface area is 113 Å². The maximum absolute atomic E-state index is 11.6. The zero-order chi connectivity index (χ0) is 14.5. The normalized spacial score (nSPS) is 11.3. The molecule has 0 saturated carbocycles. The molecule has 0 aliphatic heterocycles. The number of carbonyl (C=O) groups is 1. The molecular weight excluding hydrogens is 268 g/mol. The molecule has 1 amide bonds. The Balaban J connectivity index is 2.83. The summed E-state index contributed by atoms with van der Waals surface area (Å²) in [5.74, 6) is -0.233. The van der Waals surface area contributed by atoms with Gasteiger partial charge < -0.3 is 10.1 Å². The third-order valence-corrected chi connectivity index (χ3v) is 3.60. The summed E-state index contributed by atoms with van der Waals surface area (Å²) in [4.78, 5) is 11.6. The number of sulfonamides is 1. The van der Waals surface area contributed by atoms with Gasteiger partial charge in [-0.05, 0) is 31.5 Å². The summed E-state index contributed by atoms with van der Waals surface area (Å²) in [6.07, 6.45) is 0.215. The van der Waals surface area contributed by atoms with Crippen molar-refractivity contribution < 1.29 is 17.9 Å². The lowest BCUT2D eigenvalue weighted by molar-refractivity contribution is -0.117. The lowest BCUT2D eigenvalue weighted by atomic mass is 10.2. The van der Waals surface area contributed by atoms with E-state index in [4.69, 9.17) is 9.88 Å². The predicted molar refractivity (Wildman–Crippen MR) is 72.3 cm³/mol. The van der Waals surface area contributed by atoms with Crippen LogP contribution < -0.4 is 10.5 Å². The third kappa shape index (κ3) is 4.62. The summed E-state index contributed by atoms with van der Waals surface area (Å²) in [6.45, 7) is 4.32. The summed E-state index contributed by atoms with van der Waals surface area (Å²) in [6, 6.07) is 4.56. The summed E-state index contributed by atoms with van der Waals surface area (Å²) < 4.78 is 27.8. The Morgan fingerprint density at radius 1 is 1.42 bits per heavy atom. The van der Waals surface area contributed by atoms with Crippen molar-refractivity contribution in [1.29, 1.82) is 0 Å². The van der Waals surface area contributed by atoms with Crippen LogP contribution in [-0.4, -0.2) is 27.5 Å². The fraction of sp³-hybridized carbons (Fsp3) is 0.417. The molecular formula is C12H18N2O4S. The molecule has 106 valence electrons. The van der Waals surface area contributed by atoms with E-state index < -0.39 is 10.0 Å². The first-order chi connectivity index (χ1) is 8.86. The second kappa shape index (κ2) is 6.65. The predicted octanol–water partition coefficient (Wildman–Crippen LogP) is 1.01. The average Bonchev–Trinajstić information content (AvgIpc) is 2.30. The van der Waals surface area contributed by atoms with E-state index in [1.54, 1.807) is 13.0 Å². The molecule has 3 N–H and O–H groups in total. The number of amides is 1. The maximum atomic E-state index is 11.6. The number of hydrogen-bond acceptors (Lipinski definition) is 4. The minimum absolute atomic E-state index is 0.00936. The van der Waals surface area contributed by atoms with E-state index in [0.29, 0.717) is 24.5 Å². The number of nitrogens with one attached hydrogen (secondary N) is 1. The lowest BCUT2D eigenvalue weighted by Gasteiger charge is -2.11. The topological polar surface area (TPSA) is 98.5 Å². The van der Waals surface area contributed by atoms with Crippen molar-refractivity contribution in [3.63, 3.8) is 0 Å². The van der Waals surface area contributed by atoms with Gasteiger partial charge in [0.15, 0.2) is 0 Å². The van der Waals surface area contributed by atoms with Gasteiger partial charge in [0.1, 0.15) is 0 Å². The van der Waals surface area contributed by atoms with E-state index in [-0.39, 0.29) is 17.2 Å². The van der Waals surface area contributed by atoms with Crippen molar-refractivity contribution in [3.8, 4) is 0 Å². The van der Waals surface area contributed by atoms with Gasteiger partial charge in [-0.1, -0.05) is 6.07 Å². The van der Waals surface area contributed by atoms with E-state index in [1.807, 2.05) is 6.92 Å². The molecule has 0 fully saturated rings. The monoisotopic (exact) mass is 286 g/mol. The van der Waals surface area contributed by atoms with Crippen molar-refractivity contribution in [3.05, 3.63) is 23.8 Å². The molecule has 1 aromatic rings. The van der Waals surface area contributed by atoms with Crippen LogP contribution in [0, 0.1) is 6.92 Å². The molecule has 7 heteroatoms. The molecule has 1 rings (SSSR count). The number of carbonyl (C=O) groups excluding carboxylic acids is 1. The number of rotatable bonds is 6. The van der Waals surface area contributed by atoms with Crippen LogP contribution in [0.1, 0.15) is 18.9 Å². The van der Waals surface area contributed by atoms with Crippen LogP contribution >= 0.6 is 0 Å². The van der Waals surface area contributed by atoms with Crippen molar-refractivity contribution in [2.75, 3.05) is 18.5 Å². The second-order valence-electron chi connectivity index (χ2n) is 3.97. The highest BCUT2D eigenvalue weighted by atomic mass is 32.2. The molecule has 6 nitrogen and oxygen atoms in total. The Morgan fingerprint density at radius 2 is 2.11 bits per heavy atom. The number of primary sulfonamides is 1. The van der Waals surface area contributed by atoms with Crippen LogP contribution in [-0.2, 0) is 19.6 Å². The molecule has 19 heavy (non-hydrogen) atoms. The Kier molecular flexibility index (Phi) is 5.46. The highest BCUT2D eigenvalue weighted by Gasteiger charge is 2.14. The van der Waals surface area contributed by atoms with Crippen LogP contribution in [0.4, 0.5) is 5.69 Å². The number of hydrogen-bond donors (Lipinski definition) is 2. The molecule has 1 aromatic carbocycles. The van der Waals surface area contributed by atoms with Gasteiger partial charge in [-0.25, -0.2) is 13.6 Å². The Hall–Kier alpha value is -1.44. The molecule has 0 aliphatic carbocycles. The van der Waals surface area contributed by atoms with E-state index in [1.165, 1.54) is 12.1 Å². The minimum atomic E-state index is -3.79. The quantitative estimate of drug-likeness (QED) is 0.762. The zero-order valence-corrected chi connectivity index (χ0v) is 11.8. The van der Waals surface area contributed by atoms with E-state index in [9.17, 15) is 13.2 Å². The summed E-state index contributed by atoms with van der Waals surface area (Å²) in [5.41, 5.74) is 0.864. The van der Waals surface area contributed by atoms with Gasteiger partial charge in [0.05, 0.1) is 17.9 Å². The standard InChI is InChI=1S/C12H18N2O4S/c1-3-18-8-7-12(15)14-10-5-4-6-11(9(10)2)19(13,16)17/h4-6H,3,7-8H2,1-2H3,(H,14,15)(H2,13,16,17). The van der Waals surface area contributed by atoms with Gasteiger partial charge in [0.2, 0.25) is 15.9 Å². The van der Waals surface area contributed by atoms with Crippen LogP contribution in [0.25, 0.3) is 0 Å². The van der Waals surface area contributed by atoms with Gasteiger partial charge in [-0.3, -0.25) is 4.79 Å². The third-order valence-electron chi connectivity index (χ3n) is 2.54. The van der Waals surface area contributed by atoms with Crippen LogP contribution in [0.5, 0.6) is 0 Å². The van der Waals surface area contributed by atoms with Crippen molar-refractivity contribution >= 4 is 21.6 Å². The Bertz CT molecular complexity index is 555. The first-order valence-corrected chi connectivity index (χ1v) is 7.41. The first-order valence-electron chi connectivity index (χ1n) is 5.86. The number of ether oxygens (including phenoxy) is 1. The number of benzene rings is 1. The SMILES string of the molecule is CCOCCC(=O)Nc1cccc(S(N)(=O)=O)c1C. The summed E-state index contributed by atoms with van der Waals surface area (Å²) in [7, 11) is -3.79. The van der Waals surface area contributed by atoms with E-state index in [2.05, 4.69) is 5.32 Å². The second-order valence-corrected chi connectivity index (χ2v) is 5.50. The molecule has 0 heterocycles. The molecule has 0 saturated heterocycles. The van der Waals surface area contributed by atoms with Gasteiger partial charge in [-0.2, -0.15) is 0 Å². The highest BCUT2D eigenvalue weighted by Crippen LogP contribution is 2.22. The number of nitrogens with two attached hydrogens (primary N) is 1. The summed E-state index contributed by atoms with van der Waals surface area (Å²) in [5, 5.41) is 7.74. The highest BCUT2D eigenvalue weighted by molar-refractivity contribution is 7.89. The lowest BCUT2D eigenvalue weighted by Crippen LogP contribution is -2.17. The average molecular weight is 286 g/mol. The van der Waals surface area contributed by atoms with Crippen LogP contribution in [0.2, 0.25) is 0 Å². The smallest absolute Gasteiger partial charge is 0.238 e. The van der Waals surface area contributed by atoms with Crippen molar-refractivity contribution in [1.82, 2.24) is 0 Å². The molecule has 0 spiro atoms. The minimum Gasteiger partial charge on any atom is -0.381 e. The van der Waals surface area contributed by atoms with Gasteiger partial charge in [0, 0.05) is 12.3 Å². The fourth-order valence-electron chi connectivity index (χ4n) is 1.58. The van der Waals surface area contributed by atoms with Crippen molar-refractivity contribution in [2.45, 2.75) is 25.2 Å². The number of anilines is 1. The van der Waals surface area contributed by atoms with Crippen LogP contribution in [0.15, 0.2) is 23.1 Å². The molecule has 0 atom stereocenters. The van der Waals surface area contributed by atoms with Gasteiger partial charge in [-0.15, -0.1) is 0 Å². The van der Waals surface area contributed by atoms with E-state index in [0.717, 1.165) is 0 Å². The fourth-order valence-corrected chi connectivity index (χ4v) is 2.38. The molecule has 0 unspecified atom stereocenters. The summed E-state index contributed by atoms with van der Waals surface area (Å²) >= 11 is 0. The molecule has 0 radical (unpaired) electrons. The van der Waals surface area contributed by atoms with Crippen molar-refractivity contribution in [2.24, 2.45) is 5.14 Å². The Morgan fingerprint density at radius 3 is 2.68 bits per heavy atom. The maximum Gasteiger partial charge on any atom is 0.238 e. The van der Waals surface area contributed by atoms with Gasteiger partial charge in [0.25, 0.3) is 0 Å². The van der Waals surface area contributed by atoms with Gasteiger partial charge >= 0.3 is 0 Å². The van der Waals surface area contributed by atoms with E-state index >= 15 is 0 Å². The molecule has 0 aromatic heterocycles.